The van der Waals surface area contributed by atoms with Crippen LogP contribution in [0.4, 0.5) is 11.4 Å². The second-order valence-corrected chi connectivity index (χ2v) is 5.74. The summed E-state index contributed by atoms with van der Waals surface area (Å²) in [6.45, 7) is 2.78. The van der Waals surface area contributed by atoms with Gasteiger partial charge >= 0.3 is 0 Å². The molecule has 0 aliphatic heterocycles. The Morgan fingerprint density at radius 3 is 2.12 bits per heavy atom. The number of carbonyl (C=O) groups excluding carboxylic acids is 2. The average Bonchev–Trinajstić information content (AvgIpc) is 2.64. The van der Waals surface area contributed by atoms with E-state index in [0.717, 1.165) is 18.6 Å². The van der Waals surface area contributed by atoms with Gasteiger partial charge in [0, 0.05) is 24.0 Å². The number of ether oxygens (including phenoxy) is 2. The molecule has 0 fully saturated rings. The van der Waals surface area contributed by atoms with E-state index in [2.05, 4.69) is 17.6 Å². The lowest BCUT2D eigenvalue weighted by Gasteiger charge is -2.09. The van der Waals surface area contributed by atoms with E-state index in [9.17, 15) is 9.59 Å². The lowest BCUT2D eigenvalue weighted by Crippen LogP contribution is -2.17. The van der Waals surface area contributed by atoms with Crippen molar-refractivity contribution in [2.45, 2.75) is 19.8 Å². The smallest absolute Gasteiger partial charge is 0.255 e. The van der Waals surface area contributed by atoms with Gasteiger partial charge in [0.05, 0.1) is 6.61 Å². The topological polar surface area (TPSA) is 76.7 Å². The number of rotatable bonds is 9. The highest BCUT2D eigenvalue weighted by molar-refractivity contribution is 6.04. The average molecular weight is 356 g/mol. The van der Waals surface area contributed by atoms with Gasteiger partial charge < -0.3 is 20.1 Å². The zero-order chi connectivity index (χ0) is 18.8. The quantitative estimate of drug-likeness (QED) is 0.672. The summed E-state index contributed by atoms with van der Waals surface area (Å²) in [5.41, 5.74) is 1.83. The van der Waals surface area contributed by atoms with Crippen molar-refractivity contribution in [3.8, 4) is 5.75 Å². The molecule has 2 rings (SSSR count). The lowest BCUT2D eigenvalue weighted by atomic mass is 10.2. The van der Waals surface area contributed by atoms with E-state index in [1.54, 1.807) is 48.5 Å². The van der Waals surface area contributed by atoms with Gasteiger partial charge in [-0.15, -0.1) is 0 Å². The first kappa shape index (κ1) is 19.5. The van der Waals surface area contributed by atoms with Crippen molar-refractivity contribution in [3.05, 3.63) is 54.1 Å². The molecule has 0 radical (unpaired) electrons. The third kappa shape index (κ3) is 6.22. The zero-order valence-corrected chi connectivity index (χ0v) is 15.1. The Balaban J connectivity index is 1.89. The van der Waals surface area contributed by atoms with E-state index in [1.165, 1.54) is 7.11 Å². The number of unbranched alkanes of at least 4 members (excludes halogenated alkanes) is 1. The molecule has 0 saturated heterocycles. The van der Waals surface area contributed by atoms with Crippen LogP contribution in [0, 0.1) is 0 Å². The fraction of sp³-hybridized carbons (Fsp3) is 0.300. The predicted octanol–water partition coefficient (Wildman–Crippen LogP) is 3.70. The molecule has 0 atom stereocenters. The highest BCUT2D eigenvalue weighted by Gasteiger charge is 2.07. The van der Waals surface area contributed by atoms with Crippen LogP contribution >= 0.6 is 0 Å². The van der Waals surface area contributed by atoms with Crippen LogP contribution in [-0.4, -0.2) is 32.1 Å². The van der Waals surface area contributed by atoms with Gasteiger partial charge in [0.2, 0.25) is 5.91 Å². The van der Waals surface area contributed by atoms with Crippen LogP contribution in [-0.2, 0) is 9.53 Å². The molecule has 0 bridgehead atoms. The molecule has 2 aromatic carbocycles. The molecular formula is C20H24N2O4. The molecular weight excluding hydrogens is 332 g/mol. The third-order valence-corrected chi connectivity index (χ3v) is 3.59. The van der Waals surface area contributed by atoms with Crippen molar-refractivity contribution in [1.29, 1.82) is 0 Å². The van der Waals surface area contributed by atoms with Crippen molar-refractivity contribution in [1.82, 2.24) is 0 Å². The second-order valence-electron chi connectivity index (χ2n) is 5.74. The molecule has 2 aromatic rings. The summed E-state index contributed by atoms with van der Waals surface area (Å²) in [5.74, 6) is 0.318. The van der Waals surface area contributed by atoms with Crippen LogP contribution < -0.4 is 15.4 Å². The van der Waals surface area contributed by atoms with Crippen molar-refractivity contribution in [2.75, 3.05) is 31.0 Å². The monoisotopic (exact) mass is 356 g/mol. The molecule has 0 unspecified atom stereocenters. The van der Waals surface area contributed by atoms with E-state index >= 15 is 0 Å². The normalized spacial score (nSPS) is 10.2. The van der Waals surface area contributed by atoms with E-state index < -0.39 is 0 Å². The van der Waals surface area contributed by atoms with Crippen LogP contribution in [0.2, 0.25) is 0 Å². The van der Waals surface area contributed by atoms with Gasteiger partial charge in [0.25, 0.3) is 5.91 Å². The Kier molecular flexibility index (Phi) is 7.64. The van der Waals surface area contributed by atoms with E-state index in [-0.39, 0.29) is 18.4 Å². The number of nitrogens with one attached hydrogen (secondary N) is 2. The number of amides is 2. The van der Waals surface area contributed by atoms with Gasteiger partial charge in [0.1, 0.15) is 12.4 Å². The molecule has 0 heterocycles. The molecule has 26 heavy (non-hydrogen) atoms. The van der Waals surface area contributed by atoms with E-state index in [0.29, 0.717) is 23.5 Å². The maximum atomic E-state index is 12.3. The van der Waals surface area contributed by atoms with Gasteiger partial charge in [-0.1, -0.05) is 13.3 Å². The number of methoxy groups -OCH3 is 1. The first-order chi connectivity index (χ1) is 12.6. The van der Waals surface area contributed by atoms with Crippen LogP contribution in [0.5, 0.6) is 5.75 Å². The number of carbonyl (C=O) groups is 2. The summed E-state index contributed by atoms with van der Waals surface area (Å²) in [4.78, 5) is 23.7. The van der Waals surface area contributed by atoms with Gasteiger partial charge in [-0.2, -0.15) is 0 Å². The summed E-state index contributed by atoms with van der Waals surface area (Å²) < 4.78 is 10.3. The maximum Gasteiger partial charge on any atom is 0.255 e. The molecule has 2 amide bonds. The zero-order valence-electron chi connectivity index (χ0n) is 15.1. The highest BCUT2D eigenvalue weighted by Crippen LogP contribution is 2.17. The van der Waals surface area contributed by atoms with Crippen LogP contribution in [0.25, 0.3) is 0 Å². The molecule has 0 aromatic heterocycles. The first-order valence-corrected chi connectivity index (χ1v) is 8.55. The first-order valence-electron chi connectivity index (χ1n) is 8.55. The minimum absolute atomic E-state index is 0.00333. The largest absolute Gasteiger partial charge is 0.494 e. The molecule has 6 heteroatoms. The van der Waals surface area contributed by atoms with Crippen molar-refractivity contribution >= 4 is 23.2 Å². The molecule has 0 saturated carbocycles. The molecule has 0 aliphatic rings. The molecule has 138 valence electrons. The molecule has 0 spiro atoms. The predicted molar refractivity (Wildman–Crippen MR) is 102 cm³/mol. The second kappa shape index (κ2) is 10.2. The summed E-state index contributed by atoms with van der Waals surface area (Å²) >= 11 is 0. The summed E-state index contributed by atoms with van der Waals surface area (Å²) in [6.07, 6.45) is 2.08. The number of hydrogen-bond donors (Lipinski definition) is 2. The summed E-state index contributed by atoms with van der Waals surface area (Å²) in [7, 11) is 1.46. The Bertz CT molecular complexity index is 712. The summed E-state index contributed by atoms with van der Waals surface area (Å²) in [6, 6.07) is 13.9. The van der Waals surface area contributed by atoms with E-state index in [1.807, 2.05) is 0 Å². The highest BCUT2D eigenvalue weighted by atomic mass is 16.5. The fourth-order valence-corrected chi connectivity index (χ4v) is 2.21. The molecule has 6 nitrogen and oxygen atoms in total. The van der Waals surface area contributed by atoms with Gasteiger partial charge in [0.15, 0.2) is 0 Å². The third-order valence-electron chi connectivity index (χ3n) is 3.59. The minimum atomic E-state index is -0.231. The van der Waals surface area contributed by atoms with E-state index in [4.69, 9.17) is 9.47 Å². The standard InChI is InChI=1S/C20H24N2O4/c1-3-4-13-26-18-11-5-15(6-12-18)20(24)22-17-9-7-16(8-10-17)21-19(23)14-25-2/h5-12H,3-4,13-14H2,1-2H3,(H,21,23)(H,22,24). The maximum absolute atomic E-state index is 12.3. The Morgan fingerprint density at radius 2 is 1.54 bits per heavy atom. The molecule has 0 aliphatic carbocycles. The van der Waals surface area contributed by atoms with Crippen LogP contribution in [0.3, 0.4) is 0 Å². The Hall–Kier alpha value is -2.86. The Labute approximate surface area is 153 Å². The van der Waals surface area contributed by atoms with Crippen molar-refractivity contribution in [3.63, 3.8) is 0 Å². The van der Waals surface area contributed by atoms with Gasteiger partial charge in [-0.05, 0) is 55.0 Å². The Morgan fingerprint density at radius 1 is 0.923 bits per heavy atom. The van der Waals surface area contributed by atoms with Crippen molar-refractivity contribution in [2.24, 2.45) is 0 Å². The van der Waals surface area contributed by atoms with Gasteiger partial charge in [-0.3, -0.25) is 9.59 Å². The number of hydrogen-bond acceptors (Lipinski definition) is 4. The molecule has 2 N–H and O–H groups in total. The SMILES string of the molecule is CCCCOc1ccc(C(=O)Nc2ccc(NC(=O)COC)cc2)cc1. The van der Waals surface area contributed by atoms with Crippen LogP contribution in [0.1, 0.15) is 30.1 Å². The van der Waals surface area contributed by atoms with Crippen LogP contribution in [0.15, 0.2) is 48.5 Å². The number of anilines is 2. The summed E-state index contributed by atoms with van der Waals surface area (Å²) in [5, 5.41) is 5.51. The number of benzene rings is 2. The lowest BCUT2D eigenvalue weighted by molar-refractivity contribution is -0.119. The fourth-order valence-electron chi connectivity index (χ4n) is 2.21. The van der Waals surface area contributed by atoms with Crippen molar-refractivity contribution < 1.29 is 19.1 Å². The van der Waals surface area contributed by atoms with Gasteiger partial charge in [-0.25, -0.2) is 0 Å². The minimum Gasteiger partial charge on any atom is -0.494 e.